The molecular weight excluding hydrogens is 160 g/mol. The van der Waals surface area contributed by atoms with E-state index in [4.69, 9.17) is 0 Å². The molecule has 0 heterocycles. The molecule has 2 nitrogen and oxygen atoms in total. The smallest absolute Gasteiger partial charge is 0.102 e. The molecule has 0 radical (unpaired) electrons. The van der Waals surface area contributed by atoms with E-state index in [0.29, 0.717) is 18.0 Å². The molecule has 0 saturated carbocycles. The van der Waals surface area contributed by atoms with Crippen LogP contribution in [0.2, 0.25) is 0 Å². The van der Waals surface area contributed by atoms with Crippen molar-refractivity contribution in [3.8, 4) is 0 Å². The highest BCUT2D eigenvalue weighted by molar-refractivity contribution is 5.84. The lowest BCUT2D eigenvalue weighted by Crippen LogP contribution is -2.36. The molecule has 0 aliphatic heterocycles. The third-order valence-corrected chi connectivity index (χ3v) is 2.04. The van der Waals surface area contributed by atoms with Gasteiger partial charge in [0, 0.05) is 25.0 Å². The molecule has 0 unspecified atom stereocenters. The van der Waals surface area contributed by atoms with Crippen LogP contribution in [0, 0.1) is 5.92 Å². The van der Waals surface area contributed by atoms with E-state index < -0.39 is 0 Å². The Bertz CT molecular complexity index is 169. The van der Waals surface area contributed by atoms with Gasteiger partial charge >= 0.3 is 0 Å². The molecule has 0 atom stereocenters. The van der Waals surface area contributed by atoms with Crippen molar-refractivity contribution in [1.29, 1.82) is 0 Å². The van der Waals surface area contributed by atoms with Gasteiger partial charge in [0.25, 0.3) is 0 Å². The highest BCUT2D eigenvalue weighted by Gasteiger charge is 2.13. The number of rotatable bonds is 3. The number of hydrogen-bond donors (Lipinski definition) is 0. The summed E-state index contributed by atoms with van der Waals surface area (Å²) in [5, 5.41) is 0. The van der Waals surface area contributed by atoms with E-state index in [-0.39, 0.29) is 0 Å². The van der Waals surface area contributed by atoms with E-state index >= 15 is 0 Å². The molecule has 13 heavy (non-hydrogen) atoms. The average Bonchev–Trinajstić information content (AvgIpc) is 1.97. The maximum Gasteiger partial charge on any atom is 0.102 e. The van der Waals surface area contributed by atoms with Crippen LogP contribution < -0.4 is 0 Å². The van der Waals surface area contributed by atoms with Gasteiger partial charge in [0.2, 0.25) is 0 Å². The highest BCUT2D eigenvalue weighted by atomic mass is 15.2. The number of aliphatic imine (C=N–C) groups is 1. The van der Waals surface area contributed by atoms with Crippen molar-refractivity contribution in [1.82, 2.24) is 4.90 Å². The minimum absolute atomic E-state index is 0.388. The second kappa shape index (κ2) is 5.25. The predicted octanol–water partition coefficient (Wildman–Crippen LogP) is 2.79. The molecule has 0 aliphatic carbocycles. The van der Waals surface area contributed by atoms with Gasteiger partial charge in [-0.2, -0.15) is 0 Å². The molecule has 0 aromatic carbocycles. The van der Waals surface area contributed by atoms with Crippen LogP contribution in [-0.4, -0.2) is 29.9 Å². The molecule has 78 valence electrons. The summed E-state index contributed by atoms with van der Waals surface area (Å²) < 4.78 is 0. The molecule has 2 heteroatoms. The number of nitrogens with zero attached hydrogens (tertiary/aromatic N) is 2. The van der Waals surface area contributed by atoms with Crippen molar-refractivity contribution in [3.05, 3.63) is 0 Å². The maximum atomic E-state index is 4.64. The lowest BCUT2D eigenvalue weighted by molar-refractivity contribution is 0.395. The van der Waals surface area contributed by atoms with E-state index in [2.05, 4.69) is 58.5 Å². The molecule has 0 amide bonds. The zero-order valence-corrected chi connectivity index (χ0v) is 10.1. The summed E-state index contributed by atoms with van der Waals surface area (Å²) in [5.41, 5.74) is 0. The van der Waals surface area contributed by atoms with Gasteiger partial charge in [-0.1, -0.05) is 13.8 Å². The summed E-state index contributed by atoms with van der Waals surface area (Å²) in [6, 6.07) is 0.915. The average molecular weight is 184 g/mol. The zero-order valence-electron chi connectivity index (χ0n) is 10.1. The van der Waals surface area contributed by atoms with Crippen LogP contribution in [-0.2, 0) is 0 Å². The van der Waals surface area contributed by atoms with Crippen molar-refractivity contribution in [2.45, 2.75) is 53.6 Å². The zero-order chi connectivity index (χ0) is 10.6. The summed E-state index contributed by atoms with van der Waals surface area (Å²) in [5.74, 6) is 1.72. The number of amidine groups is 1. The van der Waals surface area contributed by atoms with E-state index in [1.807, 2.05) is 0 Å². The summed E-state index contributed by atoms with van der Waals surface area (Å²) in [4.78, 5) is 6.89. The Morgan fingerprint density at radius 1 is 1.00 bits per heavy atom. The van der Waals surface area contributed by atoms with Crippen LogP contribution in [0.15, 0.2) is 4.99 Å². The summed E-state index contributed by atoms with van der Waals surface area (Å²) in [7, 11) is 2.12. The second-order valence-corrected chi connectivity index (χ2v) is 4.44. The van der Waals surface area contributed by atoms with E-state index in [1.165, 1.54) is 5.84 Å². The third kappa shape index (κ3) is 4.30. The van der Waals surface area contributed by atoms with Crippen LogP contribution in [0.4, 0.5) is 0 Å². The van der Waals surface area contributed by atoms with Crippen LogP contribution in [0.1, 0.15) is 41.5 Å². The summed E-state index contributed by atoms with van der Waals surface area (Å²) in [6.07, 6.45) is 0. The topological polar surface area (TPSA) is 15.6 Å². The van der Waals surface area contributed by atoms with Crippen molar-refractivity contribution in [3.63, 3.8) is 0 Å². The molecule has 0 bridgehead atoms. The minimum Gasteiger partial charge on any atom is -0.361 e. The Hall–Kier alpha value is -0.530. The maximum absolute atomic E-state index is 4.64. The van der Waals surface area contributed by atoms with Gasteiger partial charge < -0.3 is 4.90 Å². The van der Waals surface area contributed by atoms with Gasteiger partial charge in [0.15, 0.2) is 0 Å². The van der Waals surface area contributed by atoms with E-state index in [1.54, 1.807) is 0 Å². The van der Waals surface area contributed by atoms with Crippen LogP contribution >= 0.6 is 0 Å². The Kier molecular flexibility index (Phi) is 5.04. The third-order valence-electron chi connectivity index (χ3n) is 2.04. The normalized spacial score (nSPS) is 13.2. The molecule has 0 fully saturated rings. The van der Waals surface area contributed by atoms with Crippen molar-refractivity contribution < 1.29 is 0 Å². The summed E-state index contributed by atoms with van der Waals surface area (Å²) >= 11 is 0. The molecule has 0 N–H and O–H groups in total. The van der Waals surface area contributed by atoms with Crippen LogP contribution in [0.25, 0.3) is 0 Å². The predicted molar refractivity (Wildman–Crippen MR) is 60.3 cm³/mol. The fraction of sp³-hybridized carbons (Fsp3) is 0.909. The van der Waals surface area contributed by atoms with Crippen LogP contribution in [0.5, 0.6) is 0 Å². The largest absolute Gasteiger partial charge is 0.361 e. The highest BCUT2D eigenvalue weighted by Crippen LogP contribution is 2.07. The molecule has 0 spiro atoms. The lowest BCUT2D eigenvalue weighted by atomic mass is 10.1. The summed E-state index contributed by atoms with van der Waals surface area (Å²) in [6.45, 7) is 13.0. The van der Waals surface area contributed by atoms with E-state index in [9.17, 15) is 0 Å². The fourth-order valence-corrected chi connectivity index (χ4v) is 1.18. The first-order valence-electron chi connectivity index (χ1n) is 5.16. The molecule has 0 saturated heterocycles. The number of hydrogen-bond acceptors (Lipinski definition) is 1. The van der Waals surface area contributed by atoms with E-state index in [0.717, 1.165) is 0 Å². The van der Waals surface area contributed by atoms with Gasteiger partial charge in [-0.15, -0.1) is 0 Å². The molecule has 0 aliphatic rings. The fourth-order valence-electron chi connectivity index (χ4n) is 1.18. The minimum atomic E-state index is 0.388. The Morgan fingerprint density at radius 2 is 1.46 bits per heavy atom. The van der Waals surface area contributed by atoms with Gasteiger partial charge in [-0.25, -0.2) is 0 Å². The Labute approximate surface area is 83.0 Å². The molecular formula is C11H24N2. The monoisotopic (exact) mass is 184 g/mol. The second-order valence-electron chi connectivity index (χ2n) is 4.44. The van der Waals surface area contributed by atoms with Gasteiger partial charge in [-0.05, 0) is 27.7 Å². The SMILES string of the molecule is CC(C)/N=C(/C(C)C)N(C)C(C)C. The first-order chi connectivity index (χ1) is 5.86. The molecule has 0 rings (SSSR count). The van der Waals surface area contributed by atoms with Crippen molar-refractivity contribution in [2.75, 3.05) is 7.05 Å². The first kappa shape index (κ1) is 12.5. The van der Waals surface area contributed by atoms with Gasteiger partial charge in [0.05, 0.1) is 0 Å². The van der Waals surface area contributed by atoms with Crippen molar-refractivity contribution >= 4 is 5.84 Å². The molecule has 0 aromatic rings. The molecule has 0 aromatic heterocycles. The first-order valence-corrected chi connectivity index (χ1v) is 5.16. The lowest BCUT2D eigenvalue weighted by Gasteiger charge is -2.28. The van der Waals surface area contributed by atoms with Gasteiger partial charge in [0.1, 0.15) is 5.84 Å². The van der Waals surface area contributed by atoms with Crippen molar-refractivity contribution in [2.24, 2.45) is 10.9 Å². The van der Waals surface area contributed by atoms with Crippen LogP contribution in [0.3, 0.4) is 0 Å². The quantitative estimate of drug-likeness (QED) is 0.486. The van der Waals surface area contributed by atoms with Gasteiger partial charge in [-0.3, -0.25) is 4.99 Å². The Morgan fingerprint density at radius 3 is 1.69 bits per heavy atom. The standard InChI is InChI=1S/C11H24N2/c1-8(2)11(12-9(3)4)13(7)10(5)6/h8-10H,1-7H3/b12-11-. The Balaban J connectivity index is 4.61.